The second-order valence-corrected chi connectivity index (χ2v) is 9.32. The van der Waals surface area contributed by atoms with Crippen molar-refractivity contribution in [3.8, 4) is 11.3 Å². The van der Waals surface area contributed by atoms with Crippen molar-refractivity contribution in [2.24, 2.45) is 0 Å². The van der Waals surface area contributed by atoms with Gasteiger partial charge in [-0.05, 0) is 37.6 Å². The van der Waals surface area contributed by atoms with Crippen LogP contribution in [0.15, 0.2) is 79.0 Å². The van der Waals surface area contributed by atoms with Gasteiger partial charge >= 0.3 is 0 Å². The Balaban J connectivity index is 1.28. The van der Waals surface area contributed by atoms with E-state index in [-0.39, 0.29) is 30.7 Å². The maximum absolute atomic E-state index is 13.5. The third-order valence-corrected chi connectivity index (χ3v) is 7.14. The molecule has 1 saturated heterocycles. The van der Waals surface area contributed by atoms with Gasteiger partial charge in [-0.1, -0.05) is 48.5 Å². The zero-order valence-corrected chi connectivity index (χ0v) is 19.8. The molecule has 1 atom stereocenters. The smallest absolute Gasteiger partial charge is 0.257 e. The standard InChI is InChI=1S/C28H25N5O3/c1-28-16-14-24(35)33(28)21-12-6-5-11-20(21)27(36)32(28)18-15-23(34)30-26-25(19-9-3-2-4-10-19)29-22-13-7-8-17-31(22)26/h2-13,17H,14-16,18H2,1H3,(H,30,34). The maximum atomic E-state index is 13.5. The summed E-state index contributed by atoms with van der Waals surface area (Å²) in [6.07, 6.45) is 2.83. The second-order valence-electron chi connectivity index (χ2n) is 9.32. The Hall–Kier alpha value is -4.46. The zero-order chi connectivity index (χ0) is 24.9. The molecule has 180 valence electrons. The number of rotatable bonds is 5. The first kappa shape index (κ1) is 22.0. The van der Waals surface area contributed by atoms with Gasteiger partial charge < -0.3 is 10.2 Å². The second kappa shape index (κ2) is 8.34. The van der Waals surface area contributed by atoms with Crippen molar-refractivity contribution in [2.45, 2.75) is 31.8 Å². The van der Waals surface area contributed by atoms with E-state index in [1.54, 1.807) is 21.9 Å². The van der Waals surface area contributed by atoms with Gasteiger partial charge in [-0.2, -0.15) is 0 Å². The molecular weight excluding hydrogens is 454 g/mol. The summed E-state index contributed by atoms with van der Waals surface area (Å²) in [6.45, 7) is 2.10. The van der Waals surface area contributed by atoms with Crippen LogP contribution in [-0.4, -0.2) is 44.2 Å². The molecule has 0 radical (unpaired) electrons. The molecule has 6 rings (SSSR count). The van der Waals surface area contributed by atoms with Gasteiger partial charge in [-0.15, -0.1) is 0 Å². The van der Waals surface area contributed by atoms with Gasteiger partial charge in [0.05, 0.1) is 11.3 Å². The SMILES string of the molecule is CC12CCC(=O)N1c1ccccc1C(=O)N2CCC(=O)Nc1c(-c2ccccc2)nc2ccccn12. The summed E-state index contributed by atoms with van der Waals surface area (Å²) >= 11 is 0. The molecule has 8 nitrogen and oxygen atoms in total. The number of hydrogen-bond donors (Lipinski definition) is 1. The first-order valence-corrected chi connectivity index (χ1v) is 12.0. The van der Waals surface area contributed by atoms with Crippen LogP contribution in [0.1, 0.15) is 36.5 Å². The number of para-hydroxylation sites is 1. The Morgan fingerprint density at radius 1 is 1.00 bits per heavy atom. The largest absolute Gasteiger partial charge is 0.315 e. The highest BCUT2D eigenvalue weighted by molar-refractivity contribution is 6.10. The first-order chi connectivity index (χ1) is 17.5. The highest BCUT2D eigenvalue weighted by Crippen LogP contribution is 2.44. The van der Waals surface area contributed by atoms with E-state index in [1.807, 2.05) is 78.2 Å². The molecule has 0 bridgehead atoms. The summed E-state index contributed by atoms with van der Waals surface area (Å²) in [5, 5.41) is 3.03. The lowest BCUT2D eigenvalue weighted by atomic mass is 9.98. The van der Waals surface area contributed by atoms with E-state index in [4.69, 9.17) is 4.98 Å². The van der Waals surface area contributed by atoms with Crippen molar-refractivity contribution < 1.29 is 14.4 Å². The van der Waals surface area contributed by atoms with Crippen LogP contribution in [0.2, 0.25) is 0 Å². The number of pyridine rings is 1. The molecule has 1 unspecified atom stereocenters. The monoisotopic (exact) mass is 479 g/mol. The van der Waals surface area contributed by atoms with Crippen molar-refractivity contribution in [1.82, 2.24) is 14.3 Å². The Labute approximate surface area is 208 Å². The van der Waals surface area contributed by atoms with Gasteiger partial charge in [0, 0.05) is 31.1 Å². The van der Waals surface area contributed by atoms with Gasteiger partial charge in [-0.25, -0.2) is 4.98 Å². The minimum Gasteiger partial charge on any atom is -0.315 e. The van der Waals surface area contributed by atoms with Crippen LogP contribution in [0.5, 0.6) is 0 Å². The molecule has 4 aromatic rings. The Morgan fingerprint density at radius 2 is 1.75 bits per heavy atom. The normalized spacial score (nSPS) is 18.9. The van der Waals surface area contributed by atoms with E-state index < -0.39 is 5.66 Å². The highest BCUT2D eigenvalue weighted by atomic mass is 16.2. The molecule has 0 aliphatic carbocycles. The van der Waals surface area contributed by atoms with Crippen LogP contribution in [-0.2, 0) is 9.59 Å². The van der Waals surface area contributed by atoms with Crippen molar-refractivity contribution in [3.05, 3.63) is 84.6 Å². The number of anilines is 2. The van der Waals surface area contributed by atoms with Crippen molar-refractivity contribution in [3.63, 3.8) is 0 Å². The quantitative estimate of drug-likeness (QED) is 0.462. The minimum atomic E-state index is -0.790. The molecule has 1 fully saturated rings. The van der Waals surface area contributed by atoms with Crippen LogP contribution in [0.3, 0.4) is 0 Å². The Bertz CT molecular complexity index is 1510. The number of imidazole rings is 1. The summed E-state index contributed by atoms with van der Waals surface area (Å²) in [7, 11) is 0. The molecule has 36 heavy (non-hydrogen) atoms. The summed E-state index contributed by atoms with van der Waals surface area (Å²) in [4.78, 5) is 47.6. The Kier molecular flexibility index (Phi) is 5.10. The number of nitrogens with zero attached hydrogens (tertiary/aromatic N) is 4. The highest BCUT2D eigenvalue weighted by Gasteiger charge is 2.52. The molecule has 2 aromatic carbocycles. The molecule has 2 aliphatic heterocycles. The average molecular weight is 480 g/mol. The van der Waals surface area contributed by atoms with E-state index in [2.05, 4.69) is 5.32 Å². The maximum Gasteiger partial charge on any atom is 0.257 e. The molecule has 1 N–H and O–H groups in total. The van der Waals surface area contributed by atoms with Crippen molar-refractivity contribution in [1.29, 1.82) is 0 Å². The number of nitrogens with one attached hydrogen (secondary N) is 1. The van der Waals surface area contributed by atoms with Gasteiger partial charge in [0.15, 0.2) is 0 Å². The lowest BCUT2D eigenvalue weighted by Gasteiger charge is -2.48. The van der Waals surface area contributed by atoms with Gasteiger partial charge in [0.2, 0.25) is 11.8 Å². The number of aromatic nitrogens is 2. The fourth-order valence-corrected chi connectivity index (χ4v) is 5.36. The average Bonchev–Trinajstić information content (AvgIpc) is 3.41. The molecule has 2 aliphatic rings. The number of carbonyl (C=O) groups is 3. The van der Waals surface area contributed by atoms with Crippen molar-refractivity contribution in [2.75, 3.05) is 16.8 Å². The van der Waals surface area contributed by atoms with E-state index in [0.717, 1.165) is 11.2 Å². The molecule has 0 spiro atoms. The van der Waals surface area contributed by atoms with Crippen LogP contribution in [0.4, 0.5) is 11.5 Å². The van der Waals surface area contributed by atoms with Crippen LogP contribution in [0, 0.1) is 0 Å². The Morgan fingerprint density at radius 3 is 2.58 bits per heavy atom. The summed E-state index contributed by atoms with van der Waals surface area (Å²) in [5.41, 5.74) is 2.64. The van der Waals surface area contributed by atoms with Crippen LogP contribution < -0.4 is 10.2 Å². The summed E-state index contributed by atoms with van der Waals surface area (Å²) in [5.74, 6) is 0.182. The molecule has 0 saturated carbocycles. The van der Waals surface area contributed by atoms with Gasteiger partial charge in [-0.3, -0.25) is 23.7 Å². The third-order valence-electron chi connectivity index (χ3n) is 7.14. The zero-order valence-electron chi connectivity index (χ0n) is 19.8. The molecule has 8 heteroatoms. The van der Waals surface area contributed by atoms with E-state index in [0.29, 0.717) is 35.6 Å². The number of hydrogen-bond acceptors (Lipinski definition) is 4. The first-order valence-electron chi connectivity index (χ1n) is 12.0. The fourth-order valence-electron chi connectivity index (χ4n) is 5.36. The summed E-state index contributed by atoms with van der Waals surface area (Å²) in [6, 6.07) is 22.5. The number of benzene rings is 2. The fraction of sp³-hybridized carbons (Fsp3) is 0.214. The molecule has 2 aromatic heterocycles. The topological polar surface area (TPSA) is 87.0 Å². The molecule has 3 amide bonds. The third kappa shape index (κ3) is 3.37. The molecule has 4 heterocycles. The van der Waals surface area contributed by atoms with Gasteiger partial charge in [0.1, 0.15) is 22.8 Å². The number of carbonyl (C=O) groups excluding carboxylic acids is 3. The van der Waals surface area contributed by atoms with E-state index >= 15 is 0 Å². The number of fused-ring (bicyclic) bond motifs is 4. The van der Waals surface area contributed by atoms with E-state index in [9.17, 15) is 14.4 Å². The lowest BCUT2D eigenvalue weighted by molar-refractivity contribution is -0.117. The van der Waals surface area contributed by atoms with Crippen LogP contribution in [0.25, 0.3) is 16.9 Å². The lowest BCUT2D eigenvalue weighted by Crippen LogP contribution is -2.62. The van der Waals surface area contributed by atoms with Crippen LogP contribution >= 0.6 is 0 Å². The van der Waals surface area contributed by atoms with E-state index in [1.165, 1.54) is 0 Å². The number of amides is 3. The predicted molar refractivity (Wildman–Crippen MR) is 136 cm³/mol. The summed E-state index contributed by atoms with van der Waals surface area (Å²) < 4.78 is 1.85. The predicted octanol–water partition coefficient (Wildman–Crippen LogP) is 4.33. The minimum absolute atomic E-state index is 0.00914. The molecular formula is C28H25N5O3. The van der Waals surface area contributed by atoms with Gasteiger partial charge in [0.25, 0.3) is 5.91 Å². The van der Waals surface area contributed by atoms with Crippen molar-refractivity contribution >= 4 is 34.9 Å².